The van der Waals surface area contributed by atoms with Crippen molar-refractivity contribution in [2.24, 2.45) is 0 Å². The second kappa shape index (κ2) is 4.99. The van der Waals surface area contributed by atoms with Crippen LogP contribution in [0.15, 0.2) is 60.7 Å². The Hall–Kier alpha value is -2.61. The van der Waals surface area contributed by atoms with Gasteiger partial charge < -0.3 is 5.32 Å². The molecule has 1 atom stereocenters. The number of fused-ring (bicyclic) bond motifs is 3. The van der Waals surface area contributed by atoms with Gasteiger partial charge in [-0.2, -0.15) is 0 Å². The van der Waals surface area contributed by atoms with Crippen LogP contribution in [0.25, 0.3) is 10.8 Å². The molecule has 0 unspecified atom stereocenters. The molecule has 2 nitrogen and oxygen atoms in total. The van der Waals surface area contributed by atoms with Crippen molar-refractivity contribution < 1.29 is 4.79 Å². The largest absolute Gasteiger partial charge is 0.377 e. The van der Waals surface area contributed by atoms with Gasteiger partial charge in [0.2, 0.25) is 0 Å². The van der Waals surface area contributed by atoms with Gasteiger partial charge in [-0.3, -0.25) is 4.79 Å². The molecule has 4 rings (SSSR count). The number of anilines is 1. The molecule has 0 bridgehead atoms. The van der Waals surface area contributed by atoms with Crippen molar-refractivity contribution >= 4 is 22.2 Å². The van der Waals surface area contributed by atoms with Crippen LogP contribution in [-0.2, 0) is 0 Å². The number of carbonyl (C=O) groups is 1. The fourth-order valence-electron chi connectivity index (χ4n) is 3.38. The molecule has 0 aromatic heterocycles. The molecular formula is C20H17NO. The molecule has 0 saturated carbocycles. The summed E-state index contributed by atoms with van der Waals surface area (Å²) in [4.78, 5) is 12.8. The first kappa shape index (κ1) is 13.1. The number of hydrogen-bond acceptors (Lipinski definition) is 2. The number of Topliss-reactive ketones (excluding diaryl/α,β-unsaturated/α-hetero) is 1. The van der Waals surface area contributed by atoms with Crippen LogP contribution in [0.1, 0.15) is 33.9 Å². The Morgan fingerprint density at radius 2 is 1.73 bits per heavy atom. The lowest BCUT2D eigenvalue weighted by Crippen LogP contribution is -2.23. The summed E-state index contributed by atoms with van der Waals surface area (Å²) in [6, 6.07) is 20.5. The highest BCUT2D eigenvalue weighted by Gasteiger charge is 2.27. The Morgan fingerprint density at radius 1 is 0.955 bits per heavy atom. The molecule has 0 aliphatic carbocycles. The highest BCUT2D eigenvalue weighted by molar-refractivity contribution is 6.14. The average molecular weight is 287 g/mol. The summed E-state index contributed by atoms with van der Waals surface area (Å²) in [5, 5.41) is 5.71. The molecule has 1 aliphatic rings. The van der Waals surface area contributed by atoms with Crippen LogP contribution in [0, 0.1) is 6.92 Å². The molecule has 1 N–H and O–H groups in total. The van der Waals surface area contributed by atoms with Crippen molar-refractivity contribution in [3.8, 4) is 0 Å². The van der Waals surface area contributed by atoms with Gasteiger partial charge >= 0.3 is 0 Å². The molecule has 1 aliphatic heterocycles. The van der Waals surface area contributed by atoms with Gasteiger partial charge in [-0.05, 0) is 34.9 Å². The van der Waals surface area contributed by atoms with Crippen LogP contribution in [0.5, 0.6) is 0 Å². The number of carbonyl (C=O) groups excluding carboxylic acids is 1. The van der Waals surface area contributed by atoms with Crippen molar-refractivity contribution in [1.29, 1.82) is 0 Å². The third-order valence-corrected chi connectivity index (χ3v) is 4.49. The Kier molecular flexibility index (Phi) is 2.97. The van der Waals surface area contributed by atoms with Crippen molar-refractivity contribution in [3.05, 3.63) is 77.4 Å². The quantitative estimate of drug-likeness (QED) is 0.690. The first-order valence-electron chi connectivity index (χ1n) is 7.61. The molecule has 3 aromatic carbocycles. The van der Waals surface area contributed by atoms with Crippen LogP contribution in [0.3, 0.4) is 0 Å². The van der Waals surface area contributed by atoms with Gasteiger partial charge in [-0.15, -0.1) is 0 Å². The highest BCUT2D eigenvalue weighted by atomic mass is 16.1. The lowest BCUT2D eigenvalue weighted by Gasteiger charge is -2.28. The van der Waals surface area contributed by atoms with E-state index in [1.165, 1.54) is 11.1 Å². The van der Waals surface area contributed by atoms with E-state index in [1.54, 1.807) is 0 Å². The number of nitrogens with one attached hydrogen (secondary N) is 1. The SMILES string of the molecule is Cc1ccccc1[C@H]1CC(=O)c2c(ccc3ccccc23)N1. The lowest BCUT2D eigenvalue weighted by atomic mass is 9.88. The number of rotatable bonds is 1. The van der Waals surface area contributed by atoms with Crippen LogP contribution in [0.2, 0.25) is 0 Å². The van der Waals surface area contributed by atoms with E-state index in [0.29, 0.717) is 6.42 Å². The highest BCUT2D eigenvalue weighted by Crippen LogP contribution is 2.37. The van der Waals surface area contributed by atoms with E-state index in [2.05, 4.69) is 36.5 Å². The first-order valence-corrected chi connectivity index (χ1v) is 7.61. The molecule has 22 heavy (non-hydrogen) atoms. The maximum atomic E-state index is 12.8. The van der Waals surface area contributed by atoms with Crippen molar-refractivity contribution in [2.75, 3.05) is 5.32 Å². The van der Waals surface area contributed by atoms with E-state index < -0.39 is 0 Å². The second-order valence-corrected chi connectivity index (χ2v) is 5.89. The molecule has 0 amide bonds. The molecule has 0 saturated heterocycles. The summed E-state index contributed by atoms with van der Waals surface area (Å²) in [7, 11) is 0. The summed E-state index contributed by atoms with van der Waals surface area (Å²) in [5.41, 5.74) is 4.21. The van der Waals surface area contributed by atoms with Gasteiger partial charge in [0.05, 0.1) is 6.04 Å². The van der Waals surface area contributed by atoms with Crippen LogP contribution in [-0.4, -0.2) is 5.78 Å². The number of hydrogen-bond donors (Lipinski definition) is 1. The summed E-state index contributed by atoms with van der Waals surface area (Å²) in [6.07, 6.45) is 0.506. The Bertz CT molecular complexity index is 882. The third-order valence-electron chi connectivity index (χ3n) is 4.49. The summed E-state index contributed by atoms with van der Waals surface area (Å²) in [5.74, 6) is 0.221. The fraction of sp³-hybridized carbons (Fsp3) is 0.150. The van der Waals surface area contributed by atoms with E-state index >= 15 is 0 Å². The zero-order valence-corrected chi connectivity index (χ0v) is 12.5. The predicted molar refractivity (Wildman–Crippen MR) is 90.4 cm³/mol. The van der Waals surface area contributed by atoms with Gasteiger partial charge in [-0.1, -0.05) is 54.6 Å². The zero-order chi connectivity index (χ0) is 15.1. The number of aryl methyl sites for hydroxylation is 1. The standard InChI is InChI=1S/C20H17NO/c1-13-6-2-4-8-15(13)18-12-19(22)20-16-9-5-3-7-14(16)10-11-17(20)21-18/h2-11,18,21H,12H2,1H3/t18-/m1/s1. The van der Waals surface area contributed by atoms with Gasteiger partial charge in [-0.25, -0.2) is 0 Å². The third kappa shape index (κ3) is 2.00. The molecular weight excluding hydrogens is 270 g/mol. The van der Waals surface area contributed by atoms with E-state index in [1.807, 2.05) is 36.4 Å². The van der Waals surface area contributed by atoms with Crippen molar-refractivity contribution in [1.82, 2.24) is 0 Å². The topological polar surface area (TPSA) is 29.1 Å². The fourth-order valence-corrected chi connectivity index (χ4v) is 3.38. The van der Waals surface area contributed by atoms with Crippen molar-refractivity contribution in [2.45, 2.75) is 19.4 Å². The van der Waals surface area contributed by atoms with E-state index in [0.717, 1.165) is 22.0 Å². The predicted octanol–water partition coefficient (Wildman–Crippen LogP) is 4.89. The minimum Gasteiger partial charge on any atom is -0.377 e. The Balaban J connectivity index is 1.83. The van der Waals surface area contributed by atoms with Crippen LogP contribution >= 0.6 is 0 Å². The molecule has 108 valence electrons. The van der Waals surface area contributed by atoms with E-state index in [4.69, 9.17) is 0 Å². The van der Waals surface area contributed by atoms with E-state index in [-0.39, 0.29) is 11.8 Å². The number of benzene rings is 3. The zero-order valence-electron chi connectivity index (χ0n) is 12.5. The summed E-state index contributed by atoms with van der Waals surface area (Å²) < 4.78 is 0. The first-order chi connectivity index (χ1) is 10.7. The number of ketones is 1. The Morgan fingerprint density at radius 3 is 2.59 bits per heavy atom. The smallest absolute Gasteiger partial charge is 0.167 e. The van der Waals surface area contributed by atoms with Crippen LogP contribution in [0.4, 0.5) is 5.69 Å². The molecule has 2 heteroatoms. The minimum atomic E-state index is 0.0577. The maximum absolute atomic E-state index is 12.8. The van der Waals surface area contributed by atoms with Gasteiger partial charge in [0, 0.05) is 17.7 Å². The monoisotopic (exact) mass is 287 g/mol. The maximum Gasteiger partial charge on any atom is 0.167 e. The Labute approximate surface area is 129 Å². The van der Waals surface area contributed by atoms with Crippen molar-refractivity contribution in [3.63, 3.8) is 0 Å². The summed E-state index contributed by atoms with van der Waals surface area (Å²) in [6.45, 7) is 2.09. The molecule has 0 fully saturated rings. The average Bonchev–Trinajstić information content (AvgIpc) is 2.54. The van der Waals surface area contributed by atoms with Gasteiger partial charge in [0.1, 0.15) is 0 Å². The minimum absolute atomic E-state index is 0.0577. The molecule has 3 aromatic rings. The second-order valence-electron chi connectivity index (χ2n) is 5.89. The van der Waals surface area contributed by atoms with Gasteiger partial charge in [0.15, 0.2) is 5.78 Å². The van der Waals surface area contributed by atoms with Crippen LogP contribution < -0.4 is 5.32 Å². The van der Waals surface area contributed by atoms with Gasteiger partial charge in [0.25, 0.3) is 0 Å². The molecule has 1 heterocycles. The molecule has 0 spiro atoms. The summed E-state index contributed by atoms with van der Waals surface area (Å²) >= 11 is 0. The normalized spacial score (nSPS) is 17.1. The molecule has 0 radical (unpaired) electrons. The lowest BCUT2D eigenvalue weighted by molar-refractivity contribution is 0.0974. The van der Waals surface area contributed by atoms with E-state index in [9.17, 15) is 4.79 Å².